The largest absolute Gasteiger partial charge is 0.377 e. The predicted octanol–water partition coefficient (Wildman–Crippen LogP) is 1.04. The lowest BCUT2D eigenvalue weighted by molar-refractivity contribution is -0.117. The molecule has 0 aromatic carbocycles. The standard InChI is InChI=1S/C14H25N5O2S/c1-18(2)11-5-4-7-19(8-6-11)9-12(20)15-14-17-16-13(22-14)10-21-3/h11H,4-10H2,1-3H3,(H,15,17,20). The van der Waals surface area contributed by atoms with E-state index in [1.807, 2.05) is 0 Å². The van der Waals surface area contributed by atoms with E-state index in [1.54, 1.807) is 7.11 Å². The molecule has 1 unspecified atom stereocenters. The van der Waals surface area contributed by atoms with E-state index < -0.39 is 0 Å². The summed E-state index contributed by atoms with van der Waals surface area (Å²) in [6.45, 7) is 2.77. The minimum absolute atomic E-state index is 0.0246. The first-order valence-electron chi connectivity index (χ1n) is 7.58. The summed E-state index contributed by atoms with van der Waals surface area (Å²) in [5.74, 6) is -0.0246. The molecule has 1 atom stereocenters. The van der Waals surface area contributed by atoms with E-state index in [1.165, 1.54) is 17.8 Å². The zero-order valence-electron chi connectivity index (χ0n) is 13.5. The number of amides is 1. The first-order chi connectivity index (χ1) is 10.6. The van der Waals surface area contributed by atoms with Gasteiger partial charge in [0.15, 0.2) is 0 Å². The summed E-state index contributed by atoms with van der Waals surface area (Å²) in [5.41, 5.74) is 0. The Morgan fingerprint density at radius 3 is 2.95 bits per heavy atom. The maximum Gasteiger partial charge on any atom is 0.240 e. The highest BCUT2D eigenvalue weighted by Gasteiger charge is 2.20. The zero-order chi connectivity index (χ0) is 15.9. The van der Waals surface area contributed by atoms with Crippen LogP contribution in [0.25, 0.3) is 0 Å². The third kappa shape index (κ3) is 5.28. The number of carbonyl (C=O) groups excluding carboxylic acids is 1. The van der Waals surface area contributed by atoms with E-state index in [0.717, 1.165) is 30.9 Å². The fourth-order valence-electron chi connectivity index (χ4n) is 2.66. The molecule has 124 valence electrons. The van der Waals surface area contributed by atoms with Crippen LogP contribution in [0.15, 0.2) is 0 Å². The number of anilines is 1. The maximum absolute atomic E-state index is 12.1. The average molecular weight is 327 g/mol. The van der Waals surface area contributed by atoms with Crippen LogP contribution in [0, 0.1) is 0 Å². The normalized spacial score (nSPS) is 20.1. The van der Waals surface area contributed by atoms with Crippen LogP contribution in [0.3, 0.4) is 0 Å². The lowest BCUT2D eigenvalue weighted by atomic mass is 10.1. The van der Waals surface area contributed by atoms with Crippen LogP contribution >= 0.6 is 11.3 Å². The first kappa shape index (κ1) is 17.3. The monoisotopic (exact) mass is 327 g/mol. The Kier molecular flexibility index (Phi) is 6.69. The summed E-state index contributed by atoms with van der Waals surface area (Å²) in [5, 5.41) is 12.0. The molecule has 1 saturated heterocycles. The molecule has 2 rings (SSSR count). The number of carbonyl (C=O) groups is 1. The van der Waals surface area contributed by atoms with Gasteiger partial charge in [-0.3, -0.25) is 15.0 Å². The summed E-state index contributed by atoms with van der Waals surface area (Å²) in [4.78, 5) is 16.6. The minimum Gasteiger partial charge on any atom is -0.377 e. The quantitative estimate of drug-likeness (QED) is 0.842. The molecule has 1 fully saturated rings. The van der Waals surface area contributed by atoms with E-state index in [-0.39, 0.29) is 5.91 Å². The highest BCUT2D eigenvalue weighted by molar-refractivity contribution is 7.15. The number of hydrogen-bond donors (Lipinski definition) is 1. The van der Waals surface area contributed by atoms with Crippen LogP contribution in [0.1, 0.15) is 24.3 Å². The van der Waals surface area contributed by atoms with Crippen molar-refractivity contribution in [1.29, 1.82) is 0 Å². The SMILES string of the molecule is COCc1nnc(NC(=O)CN2CCCC(N(C)C)CC2)s1. The van der Waals surface area contributed by atoms with Crippen molar-refractivity contribution in [2.24, 2.45) is 0 Å². The summed E-state index contributed by atoms with van der Waals surface area (Å²) >= 11 is 1.35. The maximum atomic E-state index is 12.1. The predicted molar refractivity (Wildman–Crippen MR) is 87.0 cm³/mol. The van der Waals surface area contributed by atoms with Gasteiger partial charge in [-0.25, -0.2) is 0 Å². The van der Waals surface area contributed by atoms with E-state index >= 15 is 0 Å². The highest BCUT2D eigenvalue weighted by Crippen LogP contribution is 2.17. The van der Waals surface area contributed by atoms with E-state index in [2.05, 4.69) is 39.4 Å². The number of nitrogens with zero attached hydrogens (tertiary/aromatic N) is 4. The van der Waals surface area contributed by atoms with Gasteiger partial charge in [0.05, 0.1) is 6.54 Å². The fraction of sp³-hybridized carbons (Fsp3) is 0.786. The van der Waals surface area contributed by atoms with Crippen LogP contribution in [-0.2, 0) is 16.1 Å². The number of rotatable bonds is 6. The van der Waals surface area contributed by atoms with Crippen LogP contribution in [0.2, 0.25) is 0 Å². The molecule has 2 heterocycles. The molecule has 0 spiro atoms. The van der Waals surface area contributed by atoms with Crippen molar-refractivity contribution < 1.29 is 9.53 Å². The summed E-state index contributed by atoms with van der Waals surface area (Å²) in [6.07, 6.45) is 3.44. The second kappa shape index (κ2) is 8.52. The summed E-state index contributed by atoms with van der Waals surface area (Å²) in [7, 11) is 5.86. The molecule has 1 aliphatic rings. The number of ether oxygens (including phenoxy) is 1. The molecule has 0 saturated carbocycles. The molecule has 8 heteroatoms. The van der Waals surface area contributed by atoms with E-state index in [4.69, 9.17) is 4.74 Å². The molecule has 7 nitrogen and oxygen atoms in total. The lowest BCUT2D eigenvalue weighted by Gasteiger charge is -2.23. The van der Waals surface area contributed by atoms with Gasteiger partial charge in [0.2, 0.25) is 11.0 Å². The molecule has 0 bridgehead atoms. The third-order valence-electron chi connectivity index (χ3n) is 3.87. The second-order valence-corrected chi connectivity index (χ2v) is 6.87. The van der Waals surface area contributed by atoms with Gasteiger partial charge in [-0.2, -0.15) is 0 Å². The Hall–Kier alpha value is -1.09. The molecule has 22 heavy (non-hydrogen) atoms. The van der Waals surface area contributed by atoms with Crippen LogP contribution in [0.4, 0.5) is 5.13 Å². The van der Waals surface area contributed by atoms with Crippen LogP contribution < -0.4 is 5.32 Å². The van der Waals surface area contributed by atoms with Crippen LogP contribution in [0.5, 0.6) is 0 Å². The molecule has 1 N–H and O–H groups in total. The van der Waals surface area contributed by atoms with Gasteiger partial charge in [0, 0.05) is 19.7 Å². The van der Waals surface area contributed by atoms with Gasteiger partial charge in [0.25, 0.3) is 0 Å². The van der Waals surface area contributed by atoms with Crippen molar-refractivity contribution in [2.45, 2.75) is 31.9 Å². The van der Waals surface area contributed by atoms with Gasteiger partial charge < -0.3 is 9.64 Å². The Balaban J connectivity index is 1.78. The lowest BCUT2D eigenvalue weighted by Crippen LogP contribution is -2.35. The Bertz CT molecular complexity index is 480. The topological polar surface area (TPSA) is 70.6 Å². The van der Waals surface area contributed by atoms with Gasteiger partial charge >= 0.3 is 0 Å². The smallest absolute Gasteiger partial charge is 0.240 e. The number of hydrogen-bond acceptors (Lipinski definition) is 7. The van der Waals surface area contributed by atoms with Crippen molar-refractivity contribution in [2.75, 3.05) is 46.2 Å². The molecule has 0 radical (unpaired) electrons. The van der Waals surface area contributed by atoms with Crippen molar-refractivity contribution in [3.63, 3.8) is 0 Å². The Labute approximate surface area is 135 Å². The van der Waals surface area contributed by atoms with Gasteiger partial charge in [-0.1, -0.05) is 11.3 Å². The van der Waals surface area contributed by atoms with Crippen molar-refractivity contribution in [3.8, 4) is 0 Å². The number of aromatic nitrogens is 2. The van der Waals surface area contributed by atoms with Crippen LogP contribution in [-0.4, -0.2) is 72.8 Å². The zero-order valence-corrected chi connectivity index (χ0v) is 14.4. The molecule has 0 aliphatic carbocycles. The Morgan fingerprint density at radius 2 is 2.23 bits per heavy atom. The van der Waals surface area contributed by atoms with Gasteiger partial charge in [-0.15, -0.1) is 10.2 Å². The van der Waals surface area contributed by atoms with Gasteiger partial charge in [-0.05, 0) is 39.9 Å². The summed E-state index contributed by atoms with van der Waals surface area (Å²) < 4.78 is 4.99. The van der Waals surface area contributed by atoms with Crippen molar-refractivity contribution >= 4 is 22.4 Å². The molecular weight excluding hydrogens is 302 g/mol. The van der Waals surface area contributed by atoms with Crippen molar-refractivity contribution in [1.82, 2.24) is 20.0 Å². The average Bonchev–Trinajstić information content (AvgIpc) is 2.75. The molecule has 1 aliphatic heterocycles. The van der Waals surface area contributed by atoms with E-state index in [0.29, 0.717) is 24.3 Å². The first-order valence-corrected chi connectivity index (χ1v) is 8.40. The van der Waals surface area contributed by atoms with Crippen molar-refractivity contribution in [3.05, 3.63) is 5.01 Å². The highest BCUT2D eigenvalue weighted by atomic mass is 32.1. The third-order valence-corrected chi connectivity index (χ3v) is 4.68. The second-order valence-electron chi connectivity index (χ2n) is 5.81. The van der Waals surface area contributed by atoms with Gasteiger partial charge in [0.1, 0.15) is 11.6 Å². The molecule has 1 aromatic heterocycles. The minimum atomic E-state index is -0.0246. The molecule has 1 aromatic rings. The summed E-state index contributed by atoms with van der Waals surface area (Å²) in [6, 6.07) is 0.618. The number of likely N-dealkylation sites (tertiary alicyclic amines) is 1. The molecular formula is C14H25N5O2S. The Morgan fingerprint density at radius 1 is 1.41 bits per heavy atom. The molecule has 1 amide bonds. The number of nitrogens with one attached hydrogen (secondary N) is 1. The van der Waals surface area contributed by atoms with E-state index in [9.17, 15) is 4.79 Å². The number of methoxy groups -OCH3 is 1. The fourth-order valence-corrected chi connectivity index (χ4v) is 3.39.